The Morgan fingerprint density at radius 1 is 1.21 bits per heavy atom. The van der Waals surface area contributed by atoms with E-state index in [1.165, 1.54) is 32.1 Å². The number of hydrogen-bond donors (Lipinski definition) is 1. The molecule has 1 aromatic heterocycles. The first-order chi connectivity index (χ1) is 9.24. The van der Waals surface area contributed by atoms with Gasteiger partial charge in [-0.15, -0.1) is 0 Å². The molecule has 104 valence electrons. The topological polar surface area (TPSA) is 43.8 Å². The number of hydrogen-bond acceptors (Lipinski definition) is 2. The summed E-state index contributed by atoms with van der Waals surface area (Å²) >= 11 is 0. The SMILES string of the molecule is CC(C1C2CC3CC(C2)CC1C3)n1cnc(CN)c1. The molecule has 4 fully saturated rings. The van der Waals surface area contributed by atoms with Crippen molar-refractivity contribution in [3.05, 3.63) is 18.2 Å². The quantitative estimate of drug-likeness (QED) is 0.907. The third-order valence-electron chi connectivity index (χ3n) is 6.19. The van der Waals surface area contributed by atoms with E-state index < -0.39 is 0 Å². The van der Waals surface area contributed by atoms with Crippen LogP contribution < -0.4 is 5.73 Å². The minimum Gasteiger partial charge on any atom is -0.334 e. The molecule has 1 heterocycles. The lowest BCUT2D eigenvalue weighted by molar-refractivity contribution is -0.0554. The molecule has 3 heteroatoms. The number of rotatable bonds is 3. The van der Waals surface area contributed by atoms with Gasteiger partial charge in [-0.1, -0.05) is 0 Å². The third kappa shape index (κ3) is 1.85. The minimum atomic E-state index is 0.557. The van der Waals surface area contributed by atoms with E-state index in [0.717, 1.165) is 35.3 Å². The van der Waals surface area contributed by atoms with Crippen LogP contribution in [0.3, 0.4) is 0 Å². The fourth-order valence-corrected chi connectivity index (χ4v) is 5.66. The van der Waals surface area contributed by atoms with Crippen LogP contribution in [-0.2, 0) is 6.54 Å². The van der Waals surface area contributed by atoms with Crippen molar-refractivity contribution < 1.29 is 0 Å². The van der Waals surface area contributed by atoms with Crippen LogP contribution in [0.5, 0.6) is 0 Å². The van der Waals surface area contributed by atoms with E-state index in [1.54, 1.807) is 0 Å². The Morgan fingerprint density at radius 3 is 2.37 bits per heavy atom. The van der Waals surface area contributed by atoms with Gasteiger partial charge in [0.2, 0.25) is 0 Å². The zero-order valence-corrected chi connectivity index (χ0v) is 11.8. The van der Waals surface area contributed by atoms with E-state index >= 15 is 0 Å². The van der Waals surface area contributed by atoms with Crippen molar-refractivity contribution >= 4 is 0 Å². The predicted octanol–water partition coefficient (Wildman–Crippen LogP) is 2.98. The summed E-state index contributed by atoms with van der Waals surface area (Å²) < 4.78 is 2.33. The molecule has 0 radical (unpaired) electrons. The highest BCUT2D eigenvalue weighted by atomic mass is 15.1. The van der Waals surface area contributed by atoms with Crippen LogP contribution in [0.4, 0.5) is 0 Å². The number of imidazole rings is 1. The molecular formula is C16H25N3. The smallest absolute Gasteiger partial charge is 0.0952 e. The second-order valence-electron chi connectivity index (χ2n) is 7.27. The lowest BCUT2D eigenvalue weighted by Gasteiger charge is -2.56. The van der Waals surface area contributed by atoms with Crippen molar-refractivity contribution in [1.29, 1.82) is 0 Å². The summed E-state index contributed by atoms with van der Waals surface area (Å²) in [6.07, 6.45) is 11.7. The molecule has 0 aromatic carbocycles. The molecule has 0 amide bonds. The molecule has 4 bridgehead atoms. The van der Waals surface area contributed by atoms with E-state index in [4.69, 9.17) is 5.73 Å². The van der Waals surface area contributed by atoms with Gasteiger partial charge in [0, 0.05) is 18.8 Å². The highest BCUT2D eigenvalue weighted by molar-refractivity contribution is 5.03. The van der Waals surface area contributed by atoms with Gasteiger partial charge in [-0.2, -0.15) is 0 Å². The van der Waals surface area contributed by atoms with Crippen LogP contribution in [0.2, 0.25) is 0 Å². The van der Waals surface area contributed by atoms with Crippen molar-refractivity contribution in [2.75, 3.05) is 0 Å². The van der Waals surface area contributed by atoms with Crippen molar-refractivity contribution in [2.24, 2.45) is 35.3 Å². The monoisotopic (exact) mass is 259 g/mol. The lowest BCUT2D eigenvalue weighted by Crippen LogP contribution is -2.47. The van der Waals surface area contributed by atoms with Crippen LogP contribution in [0.1, 0.15) is 50.8 Å². The number of nitrogens with zero attached hydrogens (tertiary/aromatic N) is 2. The normalized spacial score (nSPS) is 41.7. The summed E-state index contributed by atoms with van der Waals surface area (Å²) in [5.41, 5.74) is 6.71. The molecule has 1 aromatic rings. The van der Waals surface area contributed by atoms with E-state index in [2.05, 4.69) is 22.7 Å². The van der Waals surface area contributed by atoms with Crippen LogP contribution in [0.25, 0.3) is 0 Å². The zero-order chi connectivity index (χ0) is 13.0. The average molecular weight is 259 g/mol. The van der Waals surface area contributed by atoms with Crippen LogP contribution in [-0.4, -0.2) is 9.55 Å². The second-order valence-corrected chi connectivity index (χ2v) is 7.27. The molecule has 2 N–H and O–H groups in total. The Labute approximate surface area is 115 Å². The second kappa shape index (κ2) is 4.34. The average Bonchev–Trinajstić information content (AvgIpc) is 2.86. The molecule has 4 saturated carbocycles. The highest BCUT2D eigenvalue weighted by Crippen LogP contribution is 2.58. The van der Waals surface area contributed by atoms with Gasteiger partial charge in [0.25, 0.3) is 0 Å². The van der Waals surface area contributed by atoms with E-state index in [1.807, 2.05) is 6.33 Å². The first-order valence-electron chi connectivity index (χ1n) is 7.97. The summed E-state index contributed by atoms with van der Waals surface area (Å²) in [5.74, 6) is 4.97. The summed E-state index contributed by atoms with van der Waals surface area (Å²) in [5, 5.41) is 0. The molecule has 19 heavy (non-hydrogen) atoms. The van der Waals surface area contributed by atoms with Crippen LogP contribution in [0.15, 0.2) is 12.5 Å². The minimum absolute atomic E-state index is 0.557. The fraction of sp³-hybridized carbons (Fsp3) is 0.812. The van der Waals surface area contributed by atoms with Crippen molar-refractivity contribution in [3.63, 3.8) is 0 Å². The Kier molecular flexibility index (Phi) is 2.73. The number of nitrogens with two attached hydrogens (primary N) is 1. The first-order valence-corrected chi connectivity index (χ1v) is 7.97. The molecule has 1 atom stereocenters. The predicted molar refractivity (Wildman–Crippen MR) is 75.4 cm³/mol. The maximum absolute atomic E-state index is 5.68. The summed E-state index contributed by atoms with van der Waals surface area (Å²) in [4.78, 5) is 4.41. The van der Waals surface area contributed by atoms with Crippen LogP contribution >= 0.6 is 0 Å². The van der Waals surface area contributed by atoms with Gasteiger partial charge in [-0.05, 0) is 68.6 Å². The van der Waals surface area contributed by atoms with Gasteiger partial charge in [0.15, 0.2) is 0 Å². The number of aromatic nitrogens is 2. The van der Waals surface area contributed by atoms with E-state index in [-0.39, 0.29) is 0 Å². The van der Waals surface area contributed by atoms with Gasteiger partial charge in [-0.3, -0.25) is 0 Å². The van der Waals surface area contributed by atoms with Gasteiger partial charge >= 0.3 is 0 Å². The maximum Gasteiger partial charge on any atom is 0.0952 e. The maximum atomic E-state index is 5.68. The first kappa shape index (κ1) is 12.0. The van der Waals surface area contributed by atoms with Gasteiger partial charge in [0.1, 0.15) is 0 Å². The Balaban J connectivity index is 1.58. The Morgan fingerprint density at radius 2 is 1.84 bits per heavy atom. The largest absolute Gasteiger partial charge is 0.334 e. The molecule has 0 aliphatic heterocycles. The fourth-order valence-electron chi connectivity index (χ4n) is 5.66. The highest BCUT2D eigenvalue weighted by Gasteiger charge is 2.49. The summed E-state index contributed by atoms with van der Waals surface area (Å²) in [6.45, 7) is 2.95. The Bertz CT molecular complexity index is 436. The third-order valence-corrected chi connectivity index (χ3v) is 6.19. The standard InChI is InChI=1S/C16H25N3/c1-10(19-8-15(7-17)18-9-19)16-13-3-11-2-12(5-13)6-14(16)4-11/h8-14,16H,2-7,17H2,1H3. The molecule has 0 spiro atoms. The summed E-state index contributed by atoms with van der Waals surface area (Å²) in [7, 11) is 0. The molecule has 4 aliphatic carbocycles. The van der Waals surface area contributed by atoms with E-state index in [9.17, 15) is 0 Å². The molecule has 5 rings (SSSR count). The van der Waals surface area contributed by atoms with E-state index in [0.29, 0.717) is 12.6 Å². The molecule has 4 aliphatic rings. The lowest BCUT2D eigenvalue weighted by atomic mass is 9.50. The van der Waals surface area contributed by atoms with Gasteiger partial charge in [0.05, 0.1) is 12.0 Å². The molecule has 3 nitrogen and oxygen atoms in total. The molecular weight excluding hydrogens is 234 g/mol. The van der Waals surface area contributed by atoms with Gasteiger partial charge < -0.3 is 10.3 Å². The van der Waals surface area contributed by atoms with Crippen molar-refractivity contribution in [1.82, 2.24) is 9.55 Å². The summed E-state index contributed by atoms with van der Waals surface area (Å²) in [6, 6.07) is 0.600. The van der Waals surface area contributed by atoms with Gasteiger partial charge in [-0.25, -0.2) is 4.98 Å². The zero-order valence-electron chi connectivity index (χ0n) is 11.8. The molecule has 0 saturated heterocycles. The molecule has 1 unspecified atom stereocenters. The van der Waals surface area contributed by atoms with Crippen LogP contribution in [0, 0.1) is 29.6 Å². The van der Waals surface area contributed by atoms with Crippen molar-refractivity contribution in [2.45, 2.75) is 51.6 Å². The van der Waals surface area contributed by atoms with Crippen molar-refractivity contribution in [3.8, 4) is 0 Å². The Hall–Kier alpha value is -0.830.